The van der Waals surface area contributed by atoms with E-state index in [-0.39, 0.29) is 16.4 Å². The van der Waals surface area contributed by atoms with Gasteiger partial charge in [0.1, 0.15) is 6.17 Å². The standard InChI is InChI=1S/C18H16Cl3N3O3S/c1-10-5-4-6-11(9-10)14(25)23-16(18(19,20)21)24-17(28)22-13-8-3-2-7-12(13)15(26)27/h2-9,16H,1H3,(H,23,25)(H,26,27)(H2,22,24,28)/t16-/m0/s1. The topological polar surface area (TPSA) is 90.5 Å². The zero-order chi connectivity index (χ0) is 20.9. The van der Waals surface area contributed by atoms with Crippen molar-refractivity contribution in [1.82, 2.24) is 10.6 Å². The lowest BCUT2D eigenvalue weighted by molar-refractivity contribution is 0.0697. The number of carbonyl (C=O) groups excluding carboxylic acids is 1. The maximum absolute atomic E-state index is 12.5. The molecule has 4 N–H and O–H groups in total. The first-order valence-electron chi connectivity index (χ1n) is 7.92. The van der Waals surface area contributed by atoms with Gasteiger partial charge in [0.15, 0.2) is 5.11 Å². The molecule has 0 aromatic heterocycles. The molecule has 0 fully saturated rings. The molecule has 0 spiro atoms. The van der Waals surface area contributed by atoms with Gasteiger partial charge in [0.25, 0.3) is 5.91 Å². The lowest BCUT2D eigenvalue weighted by atomic mass is 10.1. The van der Waals surface area contributed by atoms with Gasteiger partial charge in [0.2, 0.25) is 3.79 Å². The van der Waals surface area contributed by atoms with Crippen molar-refractivity contribution in [3.05, 3.63) is 65.2 Å². The molecule has 0 aliphatic carbocycles. The maximum atomic E-state index is 12.5. The Hall–Kier alpha value is -2.06. The molecule has 0 radical (unpaired) electrons. The van der Waals surface area contributed by atoms with Gasteiger partial charge in [0, 0.05) is 5.56 Å². The fourth-order valence-corrected chi connectivity index (χ4v) is 2.82. The molecule has 2 aromatic rings. The lowest BCUT2D eigenvalue weighted by Crippen LogP contribution is -2.56. The van der Waals surface area contributed by atoms with Crippen LogP contribution in [0.15, 0.2) is 48.5 Å². The second-order valence-electron chi connectivity index (χ2n) is 5.77. The third kappa shape index (κ3) is 6.24. The number of amides is 1. The predicted octanol–water partition coefficient (Wildman–Crippen LogP) is 4.11. The van der Waals surface area contributed by atoms with Gasteiger partial charge in [0.05, 0.1) is 11.3 Å². The molecular weight excluding hydrogens is 445 g/mol. The SMILES string of the molecule is Cc1cccc(C(=O)N[C@@H](NC(=S)Nc2ccccc2C(=O)O)C(Cl)(Cl)Cl)c1. The summed E-state index contributed by atoms with van der Waals surface area (Å²) in [5.74, 6) is -1.60. The number of rotatable bonds is 5. The van der Waals surface area contributed by atoms with Crippen LogP contribution < -0.4 is 16.0 Å². The molecule has 10 heteroatoms. The number of aromatic carboxylic acids is 1. The van der Waals surface area contributed by atoms with Gasteiger partial charge < -0.3 is 21.1 Å². The molecule has 0 aliphatic rings. The Bertz CT molecular complexity index is 903. The van der Waals surface area contributed by atoms with Crippen LogP contribution in [0.1, 0.15) is 26.3 Å². The van der Waals surface area contributed by atoms with E-state index < -0.39 is 21.8 Å². The number of carboxylic acids is 1. The quantitative estimate of drug-likeness (QED) is 0.305. The molecule has 1 amide bonds. The molecule has 2 rings (SSSR count). The highest BCUT2D eigenvalue weighted by molar-refractivity contribution is 7.80. The van der Waals surface area contributed by atoms with E-state index in [9.17, 15) is 14.7 Å². The highest BCUT2D eigenvalue weighted by Gasteiger charge is 2.35. The summed E-state index contributed by atoms with van der Waals surface area (Å²) < 4.78 is -1.93. The van der Waals surface area contributed by atoms with E-state index >= 15 is 0 Å². The zero-order valence-corrected chi connectivity index (χ0v) is 17.6. The Morgan fingerprint density at radius 1 is 1.07 bits per heavy atom. The molecular formula is C18H16Cl3N3O3S. The molecule has 0 saturated heterocycles. The highest BCUT2D eigenvalue weighted by atomic mass is 35.6. The van der Waals surface area contributed by atoms with Gasteiger partial charge in [-0.15, -0.1) is 0 Å². The van der Waals surface area contributed by atoms with Crippen LogP contribution >= 0.6 is 47.0 Å². The normalized spacial score (nSPS) is 12.0. The highest BCUT2D eigenvalue weighted by Crippen LogP contribution is 2.29. The summed E-state index contributed by atoms with van der Waals surface area (Å²) in [6, 6.07) is 13.1. The van der Waals surface area contributed by atoms with E-state index in [1.54, 1.807) is 30.3 Å². The Balaban J connectivity index is 2.13. The summed E-state index contributed by atoms with van der Waals surface area (Å²) in [4.78, 5) is 23.8. The lowest BCUT2D eigenvalue weighted by Gasteiger charge is -2.28. The van der Waals surface area contributed by atoms with Crippen LogP contribution in [-0.4, -0.2) is 32.1 Å². The van der Waals surface area contributed by atoms with Crippen molar-refractivity contribution >= 4 is 69.7 Å². The Morgan fingerprint density at radius 2 is 1.75 bits per heavy atom. The van der Waals surface area contributed by atoms with Crippen LogP contribution in [0.3, 0.4) is 0 Å². The van der Waals surface area contributed by atoms with Gasteiger partial charge in [-0.3, -0.25) is 4.79 Å². The van der Waals surface area contributed by atoms with Crippen molar-refractivity contribution in [2.75, 3.05) is 5.32 Å². The van der Waals surface area contributed by atoms with E-state index in [0.717, 1.165) is 5.56 Å². The van der Waals surface area contributed by atoms with Crippen molar-refractivity contribution < 1.29 is 14.7 Å². The number of alkyl halides is 3. The average molecular weight is 461 g/mol. The summed E-state index contributed by atoms with van der Waals surface area (Å²) in [6.07, 6.45) is -1.18. The molecule has 0 aliphatic heterocycles. The minimum atomic E-state index is -1.93. The first-order valence-corrected chi connectivity index (χ1v) is 9.46. The summed E-state index contributed by atoms with van der Waals surface area (Å²) >= 11 is 23.1. The molecule has 148 valence electrons. The number of carbonyl (C=O) groups is 2. The minimum Gasteiger partial charge on any atom is -0.478 e. The number of nitrogens with one attached hydrogen (secondary N) is 3. The fourth-order valence-electron chi connectivity index (χ4n) is 2.27. The number of anilines is 1. The maximum Gasteiger partial charge on any atom is 0.337 e. The molecule has 6 nitrogen and oxygen atoms in total. The van der Waals surface area contributed by atoms with Crippen LogP contribution in [-0.2, 0) is 0 Å². The van der Waals surface area contributed by atoms with Crippen molar-refractivity contribution in [2.45, 2.75) is 16.9 Å². The van der Waals surface area contributed by atoms with Crippen LogP contribution in [0.5, 0.6) is 0 Å². The van der Waals surface area contributed by atoms with E-state index in [0.29, 0.717) is 5.56 Å². The zero-order valence-electron chi connectivity index (χ0n) is 14.5. The van der Waals surface area contributed by atoms with Crippen molar-refractivity contribution in [2.24, 2.45) is 0 Å². The van der Waals surface area contributed by atoms with Gasteiger partial charge in [-0.1, -0.05) is 64.6 Å². The van der Waals surface area contributed by atoms with E-state index in [1.807, 2.05) is 13.0 Å². The van der Waals surface area contributed by atoms with Crippen LogP contribution in [0.2, 0.25) is 0 Å². The largest absolute Gasteiger partial charge is 0.478 e. The second kappa shape index (κ2) is 9.43. The smallest absolute Gasteiger partial charge is 0.337 e. The third-order valence-corrected chi connectivity index (χ3v) is 4.44. The van der Waals surface area contributed by atoms with Gasteiger partial charge in [-0.05, 0) is 43.4 Å². The Kier molecular flexibility index (Phi) is 7.48. The average Bonchev–Trinajstić information content (AvgIpc) is 2.60. The van der Waals surface area contributed by atoms with Crippen molar-refractivity contribution in [3.63, 3.8) is 0 Å². The number of benzene rings is 2. The van der Waals surface area contributed by atoms with Gasteiger partial charge >= 0.3 is 5.97 Å². The molecule has 2 aromatic carbocycles. The number of hydrogen-bond donors (Lipinski definition) is 4. The number of carboxylic acid groups (broad SMARTS) is 1. The van der Waals surface area contributed by atoms with Crippen LogP contribution in [0, 0.1) is 6.92 Å². The van der Waals surface area contributed by atoms with E-state index in [2.05, 4.69) is 16.0 Å². The van der Waals surface area contributed by atoms with Gasteiger partial charge in [-0.2, -0.15) is 0 Å². The number of halogens is 3. The second-order valence-corrected chi connectivity index (χ2v) is 8.54. The molecule has 28 heavy (non-hydrogen) atoms. The summed E-state index contributed by atoms with van der Waals surface area (Å²) in [6.45, 7) is 1.85. The third-order valence-electron chi connectivity index (χ3n) is 3.56. The molecule has 0 unspecified atom stereocenters. The van der Waals surface area contributed by atoms with Crippen molar-refractivity contribution in [1.29, 1.82) is 0 Å². The monoisotopic (exact) mass is 459 g/mol. The van der Waals surface area contributed by atoms with Crippen molar-refractivity contribution in [3.8, 4) is 0 Å². The summed E-state index contributed by atoms with van der Waals surface area (Å²) in [5.41, 5.74) is 1.55. The van der Waals surface area contributed by atoms with Gasteiger partial charge in [-0.25, -0.2) is 4.79 Å². The van der Waals surface area contributed by atoms with Crippen LogP contribution in [0.4, 0.5) is 5.69 Å². The number of hydrogen-bond acceptors (Lipinski definition) is 3. The predicted molar refractivity (Wildman–Crippen MR) is 115 cm³/mol. The molecule has 0 bridgehead atoms. The fraction of sp³-hybridized carbons (Fsp3) is 0.167. The number of thiocarbonyl (C=S) groups is 1. The van der Waals surface area contributed by atoms with Crippen LogP contribution in [0.25, 0.3) is 0 Å². The summed E-state index contributed by atoms with van der Waals surface area (Å²) in [7, 11) is 0. The molecule has 0 heterocycles. The van der Waals surface area contributed by atoms with E-state index in [4.69, 9.17) is 47.0 Å². The minimum absolute atomic E-state index is 0.0147. The number of aryl methyl sites for hydroxylation is 1. The number of para-hydroxylation sites is 1. The first-order chi connectivity index (χ1) is 13.1. The summed E-state index contributed by atoms with van der Waals surface area (Å²) in [5, 5.41) is 17.2. The molecule has 0 saturated carbocycles. The molecule has 1 atom stereocenters. The Labute approximate surface area is 182 Å². The Morgan fingerprint density at radius 3 is 2.36 bits per heavy atom. The van der Waals surface area contributed by atoms with E-state index in [1.165, 1.54) is 12.1 Å². The first kappa shape index (κ1) is 22.2.